The smallest absolute Gasteiger partial charge is 0.335 e. The van der Waals surface area contributed by atoms with Gasteiger partial charge >= 0.3 is 5.97 Å². The quantitative estimate of drug-likeness (QED) is 0.599. The van der Waals surface area contributed by atoms with Crippen LogP contribution in [0, 0.1) is 11.8 Å². The molecule has 3 N–H and O–H groups in total. The molecule has 2 fully saturated rings. The van der Waals surface area contributed by atoms with E-state index in [1.54, 1.807) is 18.2 Å². The van der Waals surface area contributed by atoms with Gasteiger partial charge in [0.2, 0.25) is 0 Å². The van der Waals surface area contributed by atoms with Crippen LogP contribution in [-0.2, 0) is 11.8 Å². The molecular weight excluding hydrogens is 416 g/mol. The summed E-state index contributed by atoms with van der Waals surface area (Å²) in [5.41, 5.74) is 3.13. The molecule has 0 radical (unpaired) electrons. The number of amides is 1. The molecule has 33 heavy (non-hydrogen) atoms. The molecule has 5 rings (SSSR count). The zero-order valence-corrected chi connectivity index (χ0v) is 19.1. The number of fused-ring (bicyclic) bond motifs is 4. The second kappa shape index (κ2) is 8.49. The molecule has 2 aliphatic carbocycles. The van der Waals surface area contributed by atoms with Gasteiger partial charge in [0.25, 0.3) is 5.91 Å². The number of hydrogen-bond acceptors (Lipinski definition) is 4. The predicted octanol–water partition coefficient (Wildman–Crippen LogP) is 3.82. The number of nitrogens with one attached hydrogen (secondary N) is 1. The van der Waals surface area contributed by atoms with Crippen LogP contribution in [0.4, 0.5) is 0 Å². The molecule has 1 aliphatic heterocycles. The van der Waals surface area contributed by atoms with E-state index in [4.69, 9.17) is 5.11 Å². The average molecular weight is 449 g/mol. The fraction of sp³-hybridized carbons (Fsp3) is 0.481. The molecule has 1 saturated carbocycles. The lowest BCUT2D eigenvalue weighted by Gasteiger charge is -2.56. The largest absolute Gasteiger partial charge is 0.508 e. The van der Waals surface area contributed by atoms with Crippen LogP contribution in [0.1, 0.15) is 64.4 Å². The molecule has 3 atom stereocenters. The number of aromatic hydroxyl groups is 1. The van der Waals surface area contributed by atoms with Gasteiger partial charge in [0.15, 0.2) is 0 Å². The van der Waals surface area contributed by atoms with Crippen LogP contribution in [0.3, 0.4) is 0 Å². The Morgan fingerprint density at radius 1 is 1.12 bits per heavy atom. The number of benzene rings is 2. The van der Waals surface area contributed by atoms with E-state index >= 15 is 0 Å². The number of piperidine rings is 1. The lowest BCUT2D eigenvalue weighted by atomic mass is 9.56. The Bertz CT molecular complexity index is 1060. The van der Waals surface area contributed by atoms with E-state index in [1.165, 1.54) is 42.6 Å². The van der Waals surface area contributed by atoms with Gasteiger partial charge in [0.05, 0.1) is 5.56 Å². The van der Waals surface area contributed by atoms with Gasteiger partial charge in [-0.25, -0.2) is 4.79 Å². The van der Waals surface area contributed by atoms with Gasteiger partial charge in [-0.3, -0.25) is 9.69 Å². The molecule has 6 heteroatoms. The molecule has 0 aromatic heterocycles. The first-order chi connectivity index (χ1) is 15.9. The molecule has 2 aromatic carbocycles. The molecule has 1 amide bonds. The van der Waals surface area contributed by atoms with E-state index in [-0.39, 0.29) is 16.9 Å². The van der Waals surface area contributed by atoms with Crippen LogP contribution in [0.25, 0.3) is 0 Å². The minimum Gasteiger partial charge on any atom is -0.508 e. The third-order valence-corrected chi connectivity index (χ3v) is 8.26. The summed E-state index contributed by atoms with van der Waals surface area (Å²) in [5.74, 6) is 0.410. The van der Waals surface area contributed by atoms with Gasteiger partial charge < -0.3 is 15.5 Å². The average Bonchev–Trinajstić information content (AvgIpc) is 3.62. The maximum absolute atomic E-state index is 12.7. The second-order valence-corrected chi connectivity index (χ2v) is 10.1. The Balaban J connectivity index is 1.34. The number of carboxylic acid groups (broad SMARTS) is 1. The van der Waals surface area contributed by atoms with Crippen LogP contribution < -0.4 is 5.32 Å². The second-order valence-electron chi connectivity index (χ2n) is 10.1. The van der Waals surface area contributed by atoms with E-state index in [2.05, 4.69) is 23.2 Å². The topological polar surface area (TPSA) is 89.9 Å². The van der Waals surface area contributed by atoms with Crippen molar-refractivity contribution in [3.8, 4) is 5.75 Å². The van der Waals surface area contributed by atoms with Crippen molar-refractivity contribution in [2.24, 2.45) is 11.8 Å². The molecule has 2 aromatic rings. The molecule has 1 heterocycles. The molecular formula is C27H32N2O4. The van der Waals surface area contributed by atoms with E-state index < -0.39 is 5.97 Å². The highest BCUT2D eigenvalue weighted by Gasteiger charge is 2.51. The number of rotatable bonds is 7. The molecule has 3 aliphatic rings. The van der Waals surface area contributed by atoms with Gasteiger partial charge in [-0.05, 0) is 98.0 Å². The number of phenols is 1. The Morgan fingerprint density at radius 2 is 1.85 bits per heavy atom. The summed E-state index contributed by atoms with van der Waals surface area (Å²) in [5, 5.41) is 22.4. The molecule has 174 valence electrons. The van der Waals surface area contributed by atoms with Gasteiger partial charge in [-0.1, -0.05) is 13.0 Å². The number of nitrogens with zero attached hydrogens (tertiary/aromatic N) is 1. The molecule has 2 bridgehead atoms. The summed E-state index contributed by atoms with van der Waals surface area (Å²) in [6.45, 7) is 5.14. The summed E-state index contributed by atoms with van der Waals surface area (Å²) in [6.07, 6.45) is 5.57. The predicted molar refractivity (Wildman–Crippen MR) is 126 cm³/mol. The summed E-state index contributed by atoms with van der Waals surface area (Å²) >= 11 is 0. The molecule has 1 unspecified atom stereocenters. The fourth-order valence-corrected chi connectivity index (χ4v) is 6.15. The van der Waals surface area contributed by atoms with Crippen LogP contribution in [0.2, 0.25) is 0 Å². The number of likely N-dealkylation sites (tertiary alicyclic amines) is 1. The zero-order valence-electron chi connectivity index (χ0n) is 19.1. The third kappa shape index (κ3) is 4.12. The van der Waals surface area contributed by atoms with Crippen LogP contribution in [-0.4, -0.2) is 52.7 Å². The first-order valence-electron chi connectivity index (χ1n) is 12.1. The van der Waals surface area contributed by atoms with Crippen LogP contribution >= 0.6 is 0 Å². The Kier molecular flexibility index (Phi) is 5.65. The highest BCUT2D eigenvalue weighted by molar-refractivity contribution is 5.95. The van der Waals surface area contributed by atoms with Crippen molar-refractivity contribution in [1.29, 1.82) is 0 Å². The zero-order chi connectivity index (χ0) is 23.2. The maximum Gasteiger partial charge on any atom is 0.335 e. The number of aromatic carboxylic acids is 1. The van der Waals surface area contributed by atoms with Crippen LogP contribution in [0.5, 0.6) is 5.75 Å². The van der Waals surface area contributed by atoms with Gasteiger partial charge in [-0.15, -0.1) is 0 Å². The normalized spacial score (nSPS) is 26.5. The monoisotopic (exact) mass is 448 g/mol. The van der Waals surface area contributed by atoms with E-state index in [9.17, 15) is 14.7 Å². The highest BCUT2D eigenvalue weighted by atomic mass is 16.4. The highest BCUT2D eigenvalue weighted by Crippen LogP contribution is 2.52. The summed E-state index contributed by atoms with van der Waals surface area (Å²) in [7, 11) is 0. The van der Waals surface area contributed by atoms with Crippen molar-refractivity contribution in [2.75, 3.05) is 19.6 Å². The Hall–Kier alpha value is -2.86. The van der Waals surface area contributed by atoms with E-state index in [1.807, 2.05) is 6.07 Å². The van der Waals surface area contributed by atoms with Crippen molar-refractivity contribution >= 4 is 11.9 Å². The number of phenolic OH excluding ortho intramolecular Hbond substituents is 1. The minimum atomic E-state index is -1.00. The first kappa shape index (κ1) is 22.0. The fourth-order valence-electron chi connectivity index (χ4n) is 6.15. The number of carboxylic acids is 1. The molecule has 0 spiro atoms. The number of hydrogen-bond donors (Lipinski definition) is 3. The number of carbonyl (C=O) groups is 2. The number of carbonyl (C=O) groups excluding carboxylic acids is 1. The lowest BCUT2D eigenvalue weighted by Crippen LogP contribution is -2.60. The van der Waals surface area contributed by atoms with Crippen LogP contribution in [0.15, 0.2) is 42.5 Å². The maximum atomic E-state index is 12.7. The van der Waals surface area contributed by atoms with E-state index in [0.29, 0.717) is 29.8 Å². The van der Waals surface area contributed by atoms with Gasteiger partial charge in [0.1, 0.15) is 5.75 Å². The van der Waals surface area contributed by atoms with Gasteiger partial charge in [-0.2, -0.15) is 0 Å². The molecule has 6 nitrogen and oxygen atoms in total. The van der Waals surface area contributed by atoms with Crippen molar-refractivity contribution in [3.63, 3.8) is 0 Å². The first-order valence-corrected chi connectivity index (χ1v) is 12.1. The SMILES string of the molecule is C[C@H]1[C@H]2Cc3ccc(O)cc3C1(CCNC(=O)c1ccc(C(=O)O)cc1)CCN2CC1CC1. The third-order valence-electron chi connectivity index (χ3n) is 8.26. The van der Waals surface area contributed by atoms with Crippen molar-refractivity contribution < 1.29 is 19.8 Å². The van der Waals surface area contributed by atoms with Gasteiger partial charge in [0, 0.05) is 30.1 Å². The minimum absolute atomic E-state index is 0.0719. The lowest BCUT2D eigenvalue weighted by molar-refractivity contribution is 0.0159. The summed E-state index contributed by atoms with van der Waals surface area (Å²) in [4.78, 5) is 26.4. The Labute approximate surface area is 194 Å². The standard InChI is InChI=1S/C27H32N2O4/c1-17-24-14-21-8-9-22(30)15-23(21)27(17,11-13-29(24)16-18-2-3-18)10-12-28-25(31)19-4-6-20(7-5-19)26(32)33/h4-9,15,17-18,24,30H,2-3,10-14,16H2,1H3,(H,28,31)(H,32,33)/t17-,24+,27?/m0/s1. The van der Waals surface area contributed by atoms with Crippen molar-refractivity contribution in [3.05, 3.63) is 64.7 Å². The Morgan fingerprint density at radius 3 is 2.55 bits per heavy atom. The van der Waals surface area contributed by atoms with Crippen molar-refractivity contribution in [1.82, 2.24) is 10.2 Å². The van der Waals surface area contributed by atoms with E-state index in [0.717, 1.165) is 31.7 Å². The molecule has 1 saturated heterocycles. The van der Waals surface area contributed by atoms with Crippen molar-refractivity contribution in [2.45, 2.75) is 50.5 Å². The summed E-state index contributed by atoms with van der Waals surface area (Å²) in [6, 6.07) is 12.4. The summed E-state index contributed by atoms with van der Waals surface area (Å²) < 4.78 is 0.